The quantitative estimate of drug-likeness (QED) is 0.156. The van der Waals surface area contributed by atoms with Crippen molar-refractivity contribution in [2.75, 3.05) is 4.90 Å². The van der Waals surface area contributed by atoms with E-state index in [0.717, 1.165) is 17.1 Å². The first-order valence-corrected chi connectivity index (χ1v) is 20.9. The summed E-state index contributed by atoms with van der Waals surface area (Å²) in [6.45, 7) is 4.75. The van der Waals surface area contributed by atoms with Gasteiger partial charge in [-0.25, -0.2) is 0 Å². The van der Waals surface area contributed by atoms with Crippen LogP contribution in [-0.4, -0.2) is 0 Å². The van der Waals surface area contributed by atoms with Crippen molar-refractivity contribution in [1.82, 2.24) is 0 Å². The van der Waals surface area contributed by atoms with Crippen LogP contribution in [0, 0.1) is 0 Å². The second-order valence-electron chi connectivity index (χ2n) is 16.5. The second kappa shape index (κ2) is 14.4. The first-order chi connectivity index (χ1) is 29.5. The minimum atomic E-state index is -0.174. The summed E-state index contributed by atoms with van der Waals surface area (Å²) in [4.78, 5) is 2.42. The van der Waals surface area contributed by atoms with E-state index in [-0.39, 0.29) is 5.41 Å². The number of benzene rings is 10. The highest BCUT2D eigenvalue weighted by molar-refractivity contribution is 6.04. The van der Waals surface area contributed by atoms with Crippen molar-refractivity contribution in [2.45, 2.75) is 19.3 Å². The van der Waals surface area contributed by atoms with E-state index in [2.05, 4.69) is 243 Å². The van der Waals surface area contributed by atoms with Crippen molar-refractivity contribution >= 4 is 38.6 Å². The van der Waals surface area contributed by atoms with Crippen LogP contribution in [0.2, 0.25) is 0 Å². The SMILES string of the molecule is CC1(C)c2cc(N(c3ccc(-c4ccccc4)cc3)c3ccc(-c4cc5ccccc5cc4-c4cccc5ccccc45)cc3)ccc2-c2c(-c3ccccc3)cccc21. The fourth-order valence-corrected chi connectivity index (χ4v) is 9.61. The van der Waals surface area contributed by atoms with E-state index < -0.39 is 0 Å². The third-order valence-corrected chi connectivity index (χ3v) is 12.7. The molecule has 0 heterocycles. The van der Waals surface area contributed by atoms with Gasteiger partial charge < -0.3 is 4.90 Å². The molecule has 0 aromatic heterocycles. The molecule has 0 amide bonds. The van der Waals surface area contributed by atoms with E-state index in [4.69, 9.17) is 0 Å². The summed E-state index contributed by atoms with van der Waals surface area (Å²) < 4.78 is 0. The van der Waals surface area contributed by atoms with Crippen LogP contribution < -0.4 is 4.90 Å². The third kappa shape index (κ3) is 6.01. The van der Waals surface area contributed by atoms with Gasteiger partial charge in [0.25, 0.3) is 0 Å². The van der Waals surface area contributed by atoms with Gasteiger partial charge in [-0.2, -0.15) is 0 Å². The molecule has 0 spiro atoms. The maximum atomic E-state index is 2.44. The summed E-state index contributed by atoms with van der Waals surface area (Å²) in [7, 11) is 0. The highest BCUT2D eigenvalue weighted by Gasteiger charge is 2.37. The topological polar surface area (TPSA) is 3.24 Å². The van der Waals surface area contributed by atoms with E-state index in [1.54, 1.807) is 0 Å². The van der Waals surface area contributed by atoms with Crippen LogP contribution in [0.25, 0.3) is 77.2 Å². The van der Waals surface area contributed by atoms with Gasteiger partial charge in [0.2, 0.25) is 0 Å². The molecule has 1 aliphatic carbocycles. The van der Waals surface area contributed by atoms with Gasteiger partial charge in [0.05, 0.1) is 0 Å². The first-order valence-electron chi connectivity index (χ1n) is 20.9. The third-order valence-electron chi connectivity index (χ3n) is 12.7. The number of rotatable bonds is 7. The summed E-state index contributed by atoms with van der Waals surface area (Å²) in [5.74, 6) is 0. The average Bonchev–Trinajstić information content (AvgIpc) is 3.54. The molecule has 11 rings (SSSR count). The lowest BCUT2D eigenvalue weighted by Crippen LogP contribution is -2.16. The van der Waals surface area contributed by atoms with Crippen LogP contribution in [-0.2, 0) is 5.41 Å². The summed E-state index contributed by atoms with van der Waals surface area (Å²) in [5.41, 5.74) is 18.4. The molecule has 0 unspecified atom stereocenters. The molecule has 0 radical (unpaired) electrons. The Hall–Kier alpha value is -7.48. The molecule has 0 saturated heterocycles. The molecule has 1 aliphatic rings. The van der Waals surface area contributed by atoms with Gasteiger partial charge in [0, 0.05) is 22.5 Å². The van der Waals surface area contributed by atoms with Crippen molar-refractivity contribution in [3.63, 3.8) is 0 Å². The number of nitrogens with zero attached hydrogens (tertiary/aromatic N) is 1. The molecule has 0 N–H and O–H groups in total. The zero-order chi connectivity index (χ0) is 40.2. The van der Waals surface area contributed by atoms with Gasteiger partial charge in [-0.05, 0) is 137 Å². The zero-order valence-corrected chi connectivity index (χ0v) is 33.8. The standard InChI is InChI=1S/C59H43N/c1-59(2)56-26-14-24-51(43-17-7-4-8-18-43)58(56)53-36-35-49(39-57(53)59)60(47-31-27-41(28-32-47)40-15-5-3-6-16-40)48-33-29-44(30-34-48)54-37-45-20-9-10-21-46(45)38-55(54)52-25-13-22-42-19-11-12-23-50(42)52/h3-39H,1-2H3. The van der Waals surface area contributed by atoms with Crippen molar-refractivity contribution in [3.05, 3.63) is 236 Å². The van der Waals surface area contributed by atoms with Crippen LogP contribution in [0.15, 0.2) is 224 Å². The Bertz CT molecular complexity index is 3190. The number of fused-ring (bicyclic) bond motifs is 5. The molecule has 60 heavy (non-hydrogen) atoms. The lowest BCUT2D eigenvalue weighted by atomic mass is 9.81. The highest BCUT2D eigenvalue weighted by atomic mass is 15.1. The van der Waals surface area contributed by atoms with Crippen molar-refractivity contribution in [2.24, 2.45) is 0 Å². The van der Waals surface area contributed by atoms with Crippen LogP contribution >= 0.6 is 0 Å². The highest BCUT2D eigenvalue weighted by Crippen LogP contribution is 2.54. The number of hydrogen-bond donors (Lipinski definition) is 0. The summed E-state index contributed by atoms with van der Waals surface area (Å²) in [6, 6.07) is 82.4. The minimum absolute atomic E-state index is 0.174. The largest absolute Gasteiger partial charge is 0.310 e. The summed E-state index contributed by atoms with van der Waals surface area (Å²) >= 11 is 0. The molecule has 0 aliphatic heterocycles. The molecule has 10 aromatic rings. The molecule has 1 nitrogen and oxygen atoms in total. The van der Waals surface area contributed by atoms with Crippen LogP contribution in [0.1, 0.15) is 25.0 Å². The average molecular weight is 766 g/mol. The Morgan fingerprint density at radius 3 is 1.50 bits per heavy atom. The van der Waals surface area contributed by atoms with E-state index in [1.807, 2.05) is 0 Å². The van der Waals surface area contributed by atoms with Crippen molar-refractivity contribution < 1.29 is 0 Å². The van der Waals surface area contributed by atoms with Gasteiger partial charge in [0.1, 0.15) is 0 Å². The number of hydrogen-bond acceptors (Lipinski definition) is 1. The molecular formula is C59H43N. The van der Waals surface area contributed by atoms with E-state index >= 15 is 0 Å². The lowest BCUT2D eigenvalue weighted by Gasteiger charge is -2.28. The van der Waals surface area contributed by atoms with Crippen molar-refractivity contribution in [1.29, 1.82) is 0 Å². The van der Waals surface area contributed by atoms with E-state index in [0.29, 0.717) is 0 Å². The molecule has 10 aromatic carbocycles. The van der Waals surface area contributed by atoms with Gasteiger partial charge in [-0.1, -0.05) is 190 Å². The van der Waals surface area contributed by atoms with Crippen LogP contribution in [0.4, 0.5) is 17.1 Å². The second-order valence-corrected chi connectivity index (χ2v) is 16.5. The molecule has 0 atom stereocenters. The minimum Gasteiger partial charge on any atom is -0.310 e. The van der Waals surface area contributed by atoms with E-state index in [1.165, 1.54) is 88.3 Å². The predicted molar refractivity (Wildman–Crippen MR) is 255 cm³/mol. The lowest BCUT2D eigenvalue weighted by molar-refractivity contribution is 0.660. The molecular weight excluding hydrogens is 723 g/mol. The van der Waals surface area contributed by atoms with Gasteiger partial charge in [0.15, 0.2) is 0 Å². The Kier molecular flexibility index (Phi) is 8.57. The molecule has 0 saturated carbocycles. The fraction of sp³-hybridized carbons (Fsp3) is 0.0508. The van der Waals surface area contributed by atoms with Gasteiger partial charge in [-0.3, -0.25) is 0 Å². The predicted octanol–water partition coefficient (Wildman–Crippen LogP) is 16.4. The summed E-state index contributed by atoms with van der Waals surface area (Å²) in [6.07, 6.45) is 0. The fourth-order valence-electron chi connectivity index (χ4n) is 9.61. The van der Waals surface area contributed by atoms with E-state index in [9.17, 15) is 0 Å². The maximum Gasteiger partial charge on any atom is 0.0465 e. The first kappa shape index (κ1) is 35.7. The smallest absolute Gasteiger partial charge is 0.0465 e. The van der Waals surface area contributed by atoms with Crippen LogP contribution in [0.3, 0.4) is 0 Å². The Balaban J connectivity index is 1.05. The molecule has 0 bridgehead atoms. The molecule has 1 heteroatoms. The van der Waals surface area contributed by atoms with Crippen LogP contribution in [0.5, 0.6) is 0 Å². The molecule has 0 fully saturated rings. The normalized spacial score (nSPS) is 12.6. The van der Waals surface area contributed by atoms with Gasteiger partial charge >= 0.3 is 0 Å². The Labute approximate surface area is 352 Å². The Morgan fingerprint density at radius 1 is 0.300 bits per heavy atom. The number of anilines is 3. The monoisotopic (exact) mass is 765 g/mol. The molecule has 284 valence electrons. The van der Waals surface area contributed by atoms with Gasteiger partial charge in [-0.15, -0.1) is 0 Å². The zero-order valence-electron chi connectivity index (χ0n) is 33.8. The summed E-state index contributed by atoms with van der Waals surface area (Å²) in [5, 5.41) is 4.98. The Morgan fingerprint density at radius 2 is 0.800 bits per heavy atom. The van der Waals surface area contributed by atoms with Crippen molar-refractivity contribution in [3.8, 4) is 55.6 Å². The maximum absolute atomic E-state index is 2.44.